The van der Waals surface area contributed by atoms with Gasteiger partial charge in [0.2, 0.25) is 0 Å². The first-order valence-electron chi connectivity index (χ1n) is 7.87. The fourth-order valence-electron chi connectivity index (χ4n) is 3.05. The van der Waals surface area contributed by atoms with Gasteiger partial charge >= 0.3 is 6.03 Å². The second-order valence-electron chi connectivity index (χ2n) is 5.92. The Morgan fingerprint density at radius 3 is 2.96 bits per heavy atom. The van der Waals surface area contributed by atoms with Crippen LogP contribution in [0.3, 0.4) is 0 Å². The predicted octanol–water partition coefficient (Wildman–Crippen LogP) is 3.39. The lowest BCUT2D eigenvalue weighted by Gasteiger charge is -2.35. The van der Waals surface area contributed by atoms with Crippen molar-refractivity contribution < 1.29 is 9.72 Å². The zero-order valence-electron chi connectivity index (χ0n) is 13.4. The maximum Gasteiger partial charge on any atom is 0.322 e. The molecule has 0 spiro atoms. The Kier molecular flexibility index (Phi) is 4.45. The number of piperidine rings is 1. The number of aromatic amines is 1. The van der Waals surface area contributed by atoms with E-state index in [0.29, 0.717) is 17.8 Å². The van der Waals surface area contributed by atoms with Gasteiger partial charge in [0, 0.05) is 36.1 Å². The summed E-state index contributed by atoms with van der Waals surface area (Å²) < 4.78 is 0. The van der Waals surface area contributed by atoms with Gasteiger partial charge in [-0.1, -0.05) is 0 Å². The Morgan fingerprint density at radius 1 is 1.46 bits per heavy atom. The molecular weight excluding hydrogens is 310 g/mol. The lowest BCUT2D eigenvalue weighted by atomic mass is 9.98. The van der Waals surface area contributed by atoms with E-state index in [1.807, 2.05) is 6.20 Å². The van der Waals surface area contributed by atoms with Crippen LogP contribution in [0.1, 0.15) is 36.4 Å². The van der Waals surface area contributed by atoms with Crippen molar-refractivity contribution in [3.05, 3.63) is 51.8 Å². The van der Waals surface area contributed by atoms with E-state index < -0.39 is 4.92 Å². The van der Waals surface area contributed by atoms with Crippen LogP contribution < -0.4 is 5.32 Å². The number of urea groups is 1. The van der Waals surface area contributed by atoms with Crippen molar-refractivity contribution in [2.24, 2.45) is 0 Å². The highest BCUT2D eigenvalue weighted by atomic mass is 16.6. The van der Waals surface area contributed by atoms with E-state index in [1.54, 1.807) is 24.1 Å². The number of nitrogens with zero attached hydrogens (tertiary/aromatic N) is 3. The quantitative estimate of drug-likeness (QED) is 0.665. The van der Waals surface area contributed by atoms with Crippen molar-refractivity contribution in [3.63, 3.8) is 0 Å². The third-order valence-corrected chi connectivity index (χ3v) is 4.33. The summed E-state index contributed by atoms with van der Waals surface area (Å²) in [5.41, 5.74) is 2.25. The molecule has 2 heterocycles. The minimum absolute atomic E-state index is 0.00384. The van der Waals surface area contributed by atoms with Gasteiger partial charge in [0.15, 0.2) is 0 Å². The largest absolute Gasteiger partial charge is 0.322 e. The molecule has 1 aromatic heterocycles. The summed E-state index contributed by atoms with van der Waals surface area (Å²) >= 11 is 0. The summed E-state index contributed by atoms with van der Waals surface area (Å²) in [5.74, 6) is 0. The number of aromatic nitrogens is 2. The van der Waals surface area contributed by atoms with E-state index in [1.165, 1.54) is 12.1 Å². The second-order valence-corrected chi connectivity index (χ2v) is 5.92. The smallest absolute Gasteiger partial charge is 0.317 e. The number of carbonyl (C=O) groups excluding carboxylic acids is 1. The van der Waals surface area contributed by atoms with Crippen LogP contribution in [0.15, 0.2) is 30.6 Å². The fraction of sp³-hybridized carbons (Fsp3) is 0.375. The third-order valence-electron chi connectivity index (χ3n) is 4.33. The van der Waals surface area contributed by atoms with Crippen LogP contribution in [0, 0.1) is 17.0 Å². The van der Waals surface area contributed by atoms with Crippen LogP contribution in [-0.2, 0) is 0 Å². The molecule has 1 saturated heterocycles. The number of aryl methyl sites for hydroxylation is 1. The number of carbonyl (C=O) groups is 1. The van der Waals surface area contributed by atoms with Gasteiger partial charge in [-0.05, 0) is 37.8 Å². The van der Waals surface area contributed by atoms with Crippen LogP contribution in [0.4, 0.5) is 16.2 Å². The van der Waals surface area contributed by atoms with E-state index in [4.69, 9.17) is 0 Å². The van der Waals surface area contributed by atoms with Gasteiger partial charge in [-0.25, -0.2) is 4.79 Å². The zero-order chi connectivity index (χ0) is 17.1. The molecule has 126 valence electrons. The lowest BCUT2D eigenvalue weighted by Crippen LogP contribution is -2.41. The highest BCUT2D eigenvalue weighted by Gasteiger charge is 2.28. The highest BCUT2D eigenvalue weighted by Crippen LogP contribution is 2.31. The van der Waals surface area contributed by atoms with Gasteiger partial charge < -0.3 is 10.2 Å². The number of nitro groups is 1. The SMILES string of the molecule is Cc1cc([N+](=O)[O-])ccc1NC(=O)N1CCCCC1c1cn[nH]c1. The fourth-order valence-corrected chi connectivity index (χ4v) is 3.05. The number of amides is 2. The molecule has 0 radical (unpaired) electrons. The van der Waals surface area contributed by atoms with E-state index in [2.05, 4.69) is 15.5 Å². The Labute approximate surface area is 139 Å². The highest BCUT2D eigenvalue weighted by molar-refractivity contribution is 5.90. The number of anilines is 1. The van der Waals surface area contributed by atoms with E-state index in [9.17, 15) is 14.9 Å². The average molecular weight is 329 g/mol. The molecule has 0 aliphatic carbocycles. The van der Waals surface area contributed by atoms with Gasteiger partial charge in [0.05, 0.1) is 17.2 Å². The van der Waals surface area contributed by atoms with E-state index in [0.717, 1.165) is 24.8 Å². The summed E-state index contributed by atoms with van der Waals surface area (Å²) in [6.07, 6.45) is 6.48. The molecule has 8 heteroatoms. The standard InChI is InChI=1S/C16H19N5O3/c1-11-8-13(21(23)24)5-6-14(11)19-16(22)20-7-3-2-4-15(20)12-9-17-18-10-12/h5-6,8-10,15H,2-4,7H2,1H3,(H,17,18)(H,19,22). The first-order chi connectivity index (χ1) is 11.6. The third kappa shape index (κ3) is 3.22. The van der Waals surface area contributed by atoms with Gasteiger partial charge in [0.1, 0.15) is 0 Å². The number of non-ortho nitro benzene ring substituents is 1. The molecule has 0 bridgehead atoms. The van der Waals surface area contributed by atoms with Crippen LogP contribution in [0.2, 0.25) is 0 Å². The average Bonchev–Trinajstić information content (AvgIpc) is 3.11. The molecule has 2 aromatic rings. The van der Waals surface area contributed by atoms with E-state index in [-0.39, 0.29) is 17.8 Å². The molecule has 24 heavy (non-hydrogen) atoms. The number of nitrogens with one attached hydrogen (secondary N) is 2. The Bertz CT molecular complexity index is 744. The Morgan fingerprint density at radius 2 is 2.29 bits per heavy atom. The number of likely N-dealkylation sites (tertiary alicyclic amines) is 1. The molecular formula is C16H19N5O3. The molecule has 1 aliphatic rings. The maximum absolute atomic E-state index is 12.7. The normalized spacial score (nSPS) is 17.5. The van der Waals surface area contributed by atoms with Crippen LogP contribution in [0.25, 0.3) is 0 Å². The number of benzene rings is 1. The molecule has 2 amide bonds. The monoisotopic (exact) mass is 329 g/mol. The van der Waals surface area contributed by atoms with Gasteiger partial charge in [-0.15, -0.1) is 0 Å². The van der Waals surface area contributed by atoms with E-state index >= 15 is 0 Å². The van der Waals surface area contributed by atoms with Gasteiger partial charge in [0.25, 0.3) is 5.69 Å². The molecule has 0 saturated carbocycles. The summed E-state index contributed by atoms with van der Waals surface area (Å²) in [7, 11) is 0. The Balaban J connectivity index is 1.77. The predicted molar refractivity (Wildman–Crippen MR) is 88.7 cm³/mol. The molecule has 1 aliphatic heterocycles. The second kappa shape index (κ2) is 6.69. The van der Waals surface area contributed by atoms with Crippen molar-refractivity contribution in [3.8, 4) is 0 Å². The number of H-pyrrole nitrogens is 1. The molecule has 1 unspecified atom stereocenters. The molecule has 1 fully saturated rings. The summed E-state index contributed by atoms with van der Waals surface area (Å²) in [4.78, 5) is 24.9. The first kappa shape index (κ1) is 16.0. The van der Waals surface area contributed by atoms with Crippen molar-refractivity contribution in [1.29, 1.82) is 0 Å². The molecule has 2 N–H and O–H groups in total. The molecule has 1 atom stereocenters. The van der Waals surface area contributed by atoms with Crippen molar-refractivity contribution in [2.45, 2.75) is 32.2 Å². The maximum atomic E-state index is 12.7. The lowest BCUT2D eigenvalue weighted by molar-refractivity contribution is -0.384. The minimum Gasteiger partial charge on any atom is -0.317 e. The van der Waals surface area contributed by atoms with Crippen molar-refractivity contribution in [1.82, 2.24) is 15.1 Å². The minimum atomic E-state index is -0.446. The Hall–Kier alpha value is -2.90. The zero-order valence-corrected chi connectivity index (χ0v) is 13.4. The molecule has 1 aromatic carbocycles. The van der Waals surface area contributed by atoms with Crippen molar-refractivity contribution in [2.75, 3.05) is 11.9 Å². The van der Waals surface area contributed by atoms with Gasteiger partial charge in [-0.3, -0.25) is 15.2 Å². The summed E-state index contributed by atoms with van der Waals surface area (Å²) in [6.45, 7) is 2.42. The van der Waals surface area contributed by atoms with Crippen LogP contribution in [-0.4, -0.2) is 32.6 Å². The topological polar surface area (TPSA) is 104 Å². The first-order valence-corrected chi connectivity index (χ1v) is 7.87. The van der Waals surface area contributed by atoms with Crippen molar-refractivity contribution >= 4 is 17.4 Å². The number of nitro benzene ring substituents is 1. The van der Waals surface area contributed by atoms with Crippen LogP contribution >= 0.6 is 0 Å². The number of hydrogen-bond donors (Lipinski definition) is 2. The molecule has 3 rings (SSSR count). The van der Waals surface area contributed by atoms with Gasteiger partial charge in [-0.2, -0.15) is 5.10 Å². The summed E-state index contributed by atoms with van der Waals surface area (Å²) in [6, 6.07) is 4.22. The summed E-state index contributed by atoms with van der Waals surface area (Å²) in [5, 5.41) is 20.4. The van der Waals surface area contributed by atoms with Crippen LogP contribution in [0.5, 0.6) is 0 Å². The molecule has 8 nitrogen and oxygen atoms in total. The number of rotatable bonds is 3. The number of hydrogen-bond acceptors (Lipinski definition) is 4.